The highest BCUT2D eigenvalue weighted by atomic mass is 15.1. The number of nitriles is 1. The lowest BCUT2D eigenvalue weighted by Crippen LogP contribution is -2.12. The molecule has 42 heavy (non-hydrogen) atoms. The number of fused-ring (bicyclic) bond motifs is 3. The van der Waals surface area contributed by atoms with E-state index in [1.54, 1.807) is 0 Å². The Hall–Kier alpha value is -5.13. The van der Waals surface area contributed by atoms with Gasteiger partial charge >= 0.3 is 0 Å². The van der Waals surface area contributed by atoms with E-state index < -0.39 is 0 Å². The lowest BCUT2D eigenvalue weighted by Gasteiger charge is -2.27. The molecule has 0 spiro atoms. The lowest BCUT2D eigenvalue weighted by atomic mass is 9.91. The molecule has 2 heteroatoms. The highest BCUT2D eigenvalue weighted by Crippen LogP contribution is 2.38. The van der Waals surface area contributed by atoms with Gasteiger partial charge in [0.1, 0.15) is 6.07 Å². The van der Waals surface area contributed by atoms with Crippen molar-refractivity contribution >= 4 is 50.8 Å². The molecular weight excluding hydrogens is 508 g/mol. The van der Waals surface area contributed by atoms with E-state index in [0.29, 0.717) is 0 Å². The third-order valence-electron chi connectivity index (χ3n) is 8.56. The van der Waals surface area contributed by atoms with E-state index in [4.69, 9.17) is 0 Å². The Morgan fingerprint density at radius 2 is 1.14 bits per heavy atom. The number of hydrogen-bond acceptors (Lipinski definition) is 2. The van der Waals surface area contributed by atoms with Crippen molar-refractivity contribution in [2.24, 2.45) is 0 Å². The molecule has 0 saturated heterocycles. The summed E-state index contributed by atoms with van der Waals surface area (Å²) in [5, 5.41) is 14.1. The van der Waals surface area contributed by atoms with Gasteiger partial charge in [0.2, 0.25) is 0 Å². The fourth-order valence-corrected chi connectivity index (χ4v) is 6.38. The molecule has 0 saturated carbocycles. The van der Waals surface area contributed by atoms with Gasteiger partial charge < -0.3 is 4.90 Å². The van der Waals surface area contributed by atoms with Crippen LogP contribution in [0.15, 0.2) is 115 Å². The second-order valence-corrected chi connectivity index (χ2v) is 11.2. The second-order valence-electron chi connectivity index (χ2n) is 11.2. The number of aryl methyl sites for hydroxylation is 3. The maximum Gasteiger partial charge on any atom is 0.100 e. The van der Waals surface area contributed by atoms with Gasteiger partial charge in [0.15, 0.2) is 0 Å². The lowest BCUT2D eigenvalue weighted by molar-refractivity contribution is 0.685. The zero-order valence-corrected chi connectivity index (χ0v) is 23.8. The largest absolute Gasteiger partial charge is 0.310 e. The molecule has 202 valence electrons. The highest BCUT2D eigenvalue weighted by Gasteiger charge is 2.16. The Kier molecular flexibility index (Phi) is 6.78. The van der Waals surface area contributed by atoms with Crippen LogP contribution in [0.2, 0.25) is 0 Å². The highest BCUT2D eigenvalue weighted by molar-refractivity contribution is 6.12. The molecule has 0 radical (unpaired) electrons. The summed E-state index contributed by atoms with van der Waals surface area (Å²) in [6, 6.07) is 43.5. The van der Waals surface area contributed by atoms with Crippen LogP contribution in [-0.2, 0) is 12.8 Å². The van der Waals surface area contributed by atoms with E-state index in [1.165, 1.54) is 41.6 Å². The summed E-state index contributed by atoms with van der Waals surface area (Å²) in [5.41, 5.74) is 10.8. The van der Waals surface area contributed by atoms with E-state index in [2.05, 4.69) is 109 Å². The zero-order valence-electron chi connectivity index (χ0n) is 23.8. The molecule has 6 aromatic rings. The molecule has 0 fully saturated rings. The normalized spacial score (nSPS) is 12.9. The molecule has 7 rings (SSSR count). The first-order chi connectivity index (χ1) is 20.7. The van der Waals surface area contributed by atoms with Gasteiger partial charge in [-0.2, -0.15) is 5.26 Å². The quantitative estimate of drug-likeness (QED) is 0.161. The Morgan fingerprint density at radius 3 is 1.76 bits per heavy atom. The molecule has 0 heterocycles. The van der Waals surface area contributed by atoms with Crippen LogP contribution in [0.1, 0.15) is 46.2 Å². The fourth-order valence-electron chi connectivity index (χ4n) is 6.38. The van der Waals surface area contributed by atoms with Crippen LogP contribution in [0.25, 0.3) is 33.7 Å². The third-order valence-corrected chi connectivity index (χ3v) is 8.56. The van der Waals surface area contributed by atoms with Crippen LogP contribution in [-0.4, -0.2) is 0 Å². The van der Waals surface area contributed by atoms with E-state index in [9.17, 15) is 5.26 Å². The Labute approximate surface area is 247 Å². The van der Waals surface area contributed by atoms with E-state index in [1.807, 2.05) is 36.4 Å². The first-order valence-corrected chi connectivity index (χ1v) is 14.8. The molecule has 2 nitrogen and oxygen atoms in total. The first-order valence-electron chi connectivity index (χ1n) is 14.8. The third kappa shape index (κ3) is 4.74. The molecule has 0 amide bonds. The van der Waals surface area contributed by atoms with Crippen molar-refractivity contribution in [2.75, 3.05) is 4.90 Å². The minimum atomic E-state index is 0.737. The summed E-state index contributed by atoms with van der Waals surface area (Å²) in [6.07, 6.45) is 9.28. The van der Waals surface area contributed by atoms with Gasteiger partial charge in [-0.1, -0.05) is 96.6 Å². The summed E-state index contributed by atoms with van der Waals surface area (Å²) in [6.45, 7) is 2.13. The summed E-state index contributed by atoms with van der Waals surface area (Å²) in [4.78, 5) is 2.36. The van der Waals surface area contributed by atoms with Crippen LogP contribution < -0.4 is 4.90 Å². The van der Waals surface area contributed by atoms with Crippen molar-refractivity contribution in [1.82, 2.24) is 0 Å². The topological polar surface area (TPSA) is 27.0 Å². The number of nitrogens with zero attached hydrogens (tertiary/aromatic N) is 2. The predicted octanol–water partition coefficient (Wildman–Crippen LogP) is 10.7. The standard InChI is InChI=1S/C40H32N2/c1-28-14-20-32(21-15-28)42(34-24-19-30-8-2-3-9-31(30)26-34)33-22-16-29(17-23-33)18-25-39-35-10-4-6-12-37(35)40(27-41)38-13-7-5-11-36(38)39/h4-7,10-26H,2-3,8-9H2,1H3. The maximum absolute atomic E-state index is 9.97. The smallest absolute Gasteiger partial charge is 0.100 e. The van der Waals surface area contributed by atoms with Crippen molar-refractivity contribution in [3.8, 4) is 6.07 Å². The summed E-state index contributed by atoms with van der Waals surface area (Å²) < 4.78 is 0. The number of hydrogen-bond donors (Lipinski definition) is 0. The van der Waals surface area contributed by atoms with E-state index >= 15 is 0 Å². The average molecular weight is 541 g/mol. The SMILES string of the molecule is Cc1ccc(N(c2ccc(C=Cc3c4ccccc4c(C#N)c4ccccc34)cc2)c2ccc3c(c2)CCCC3)cc1. The van der Waals surface area contributed by atoms with Crippen molar-refractivity contribution in [2.45, 2.75) is 32.6 Å². The molecule has 6 aromatic carbocycles. The van der Waals surface area contributed by atoms with Gasteiger partial charge in [0.25, 0.3) is 0 Å². The molecule has 0 unspecified atom stereocenters. The zero-order chi connectivity index (χ0) is 28.5. The van der Waals surface area contributed by atoms with E-state index in [0.717, 1.165) is 56.0 Å². The van der Waals surface area contributed by atoms with E-state index in [-0.39, 0.29) is 0 Å². The molecule has 0 aromatic heterocycles. The fraction of sp³-hybridized carbons (Fsp3) is 0.125. The van der Waals surface area contributed by atoms with Crippen LogP contribution in [0.3, 0.4) is 0 Å². The van der Waals surface area contributed by atoms with Crippen LogP contribution in [0.4, 0.5) is 17.1 Å². The summed E-state index contributed by atoms with van der Waals surface area (Å²) in [7, 11) is 0. The van der Waals surface area contributed by atoms with Gasteiger partial charge in [-0.3, -0.25) is 0 Å². The summed E-state index contributed by atoms with van der Waals surface area (Å²) in [5.74, 6) is 0. The van der Waals surface area contributed by atoms with Crippen LogP contribution in [0.5, 0.6) is 0 Å². The first kappa shape index (κ1) is 25.8. The predicted molar refractivity (Wildman–Crippen MR) is 178 cm³/mol. The van der Waals surface area contributed by atoms with Gasteiger partial charge in [-0.15, -0.1) is 0 Å². The Morgan fingerprint density at radius 1 is 0.595 bits per heavy atom. The minimum absolute atomic E-state index is 0.737. The van der Waals surface area contributed by atoms with Crippen molar-refractivity contribution in [1.29, 1.82) is 5.26 Å². The summed E-state index contributed by atoms with van der Waals surface area (Å²) >= 11 is 0. The molecule has 0 aliphatic heterocycles. The molecular formula is C40H32N2. The van der Waals surface area contributed by atoms with Crippen molar-refractivity contribution < 1.29 is 0 Å². The Bertz CT molecular complexity index is 1930. The van der Waals surface area contributed by atoms with Gasteiger partial charge in [-0.25, -0.2) is 0 Å². The van der Waals surface area contributed by atoms with Gasteiger partial charge in [0.05, 0.1) is 5.56 Å². The van der Waals surface area contributed by atoms with Gasteiger partial charge in [0, 0.05) is 27.8 Å². The monoisotopic (exact) mass is 540 g/mol. The average Bonchev–Trinajstić information content (AvgIpc) is 3.04. The van der Waals surface area contributed by atoms with Crippen molar-refractivity contribution in [3.63, 3.8) is 0 Å². The minimum Gasteiger partial charge on any atom is -0.310 e. The number of benzene rings is 6. The number of rotatable bonds is 5. The molecule has 1 aliphatic rings. The Balaban J connectivity index is 1.28. The molecule has 0 bridgehead atoms. The van der Waals surface area contributed by atoms with Crippen LogP contribution >= 0.6 is 0 Å². The second kappa shape index (κ2) is 11.0. The van der Waals surface area contributed by atoms with Crippen LogP contribution in [0, 0.1) is 18.3 Å². The van der Waals surface area contributed by atoms with Gasteiger partial charge in [-0.05, 0) is 102 Å². The number of anilines is 3. The molecule has 0 atom stereocenters. The molecule has 0 N–H and O–H groups in total. The maximum atomic E-state index is 9.97. The van der Waals surface area contributed by atoms with Crippen molar-refractivity contribution in [3.05, 3.63) is 149 Å². The molecule has 1 aliphatic carbocycles.